The first-order chi connectivity index (χ1) is 13.5. The molecular formula is C21H37IN4O3. The van der Waals surface area contributed by atoms with Crippen LogP contribution < -0.4 is 20.1 Å². The monoisotopic (exact) mass is 520 g/mol. The van der Waals surface area contributed by atoms with Gasteiger partial charge in [0.15, 0.2) is 17.5 Å². The summed E-state index contributed by atoms with van der Waals surface area (Å²) in [6, 6.07) is 6.66. The summed E-state index contributed by atoms with van der Waals surface area (Å²) in [5.74, 6) is 2.83. The zero-order valence-electron chi connectivity index (χ0n) is 18.5. The topological polar surface area (TPSA) is 67.4 Å². The molecule has 7 nitrogen and oxygen atoms in total. The summed E-state index contributed by atoms with van der Waals surface area (Å²) >= 11 is 0. The number of rotatable bonds is 8. The van der Waals surface area contributed by atoms with Gasteiger partial charge < -0.3 is 24.8 Å². The predicted octanol–water partition coefficient (Wildman–Crippen LogP) is 2.90. The van der Waals surface area contributed by atoms with Crippen LogP contribution in [0.15, 0.2) is 23.2 Å². The Hall–Kier alpha value is -1.26. The van der Waals surface area contributed by atoms with Gasteiger partial charge in [-0.25, -0.2) is 0 Å². The lowest BCUT2D eigenvalue weighted by molar-refractivity contribution is 0.0169. The minimum Gasteiger partial charge on any atom is -0.493 e. The highest BCUT2D eigenvalue weighted by atomic mass is 127. The van der Waals surface area contributed by atoms with Crippen LogP contribution in [0.4, 0.5) is 0 Å². The van der Waals surface area contributed by atoms with E-state index >= 15 is 0 Å². The molecule has 1 aromatic carbocycles. The van der Waals surface area contributed by atoms with Crippen molar-refractivity contribution >= 4 is 29.9 Å². The molecule has 1 heterocycles. The fourth-order valence-electron chi connectivity index (χ4n) is 3.18. The van der Waals surface area contributed by atoms with Gasteiger partial charge in [0.1, 0.15) is 0 Å². The molecule has 0 bridgehead atoms. The van der Waals surface area contributed by atoms with Crippen LogP contribution >= 0.6 is 24.0 Å². The van der Waals surface area contributed by atoms with E-state index in [2.05, 4.69) is 53.4 Å². The number of hydrogen-bond donors (Lipinski definition) is 2. The number of morpholine rings is 1. The van der Waals surface area contributed by atoms with Gasteiger partial charge >= 0.3 is 0 Å². The second-order valence-corrected chi connectivity index (χ2v) is 7.41. The van der Waals surface area contributed by atoms with E-state index in [1.165, 1.54) is 5.56 Å². The first kappa shape index (κ1) is 25.8. The van der Waals surface area contributed by atoms with Gasteiger partial charge in [0.25, 0.3) is 0 Å². The standard InChI is InChI=1S/C21H36N4O3.HI/c1-15(2)16(3)24-21(22-4)23-14-18(25-9-11-28-12-10-25)17-7-8-19(26-5)20(13-17)27-6;/h7-8,13,15-16,18H,9-12,14H2,1-6H3,(H2,22,23,24);1H. The smallest absolute Gasteiger partial charge is 0.191 e. The van der Waals surface area contributed by atoms with E-state index in [4.69, 9.17) is 14.2 Å². The maximum absolute atomic E-state index is 5.55. The Morgan fingerprint density at radius 1 is 1.14 bits per heavy atom. The van der Waals surface area contributed by atoms with Crippen LogP contribution in [-0.4, -0.2) is 71.0 Å². The van der Waals surface area contributed by atoms with Crippen molar-refractivity contribution < 1.29 is 14.2 Å². The molecule has 1 aromatic rings. The van der Waals surface area contributed by atoms with E-state index in [-0.39, 0.29) is 30.0 Å². The van der Waals surface area contributed by atoms with Crippen LogP contribution in [-0.2, 0) is 4.74 Å². The molecule has 0 spiro atoms. The van der Waals surface area contributed by atoms with Gasteiger partial charge in [0.2, 0.25) is 0 Å². The van der Waals surface area contributed by atoms with Gasteiger partial charge in [0.05, 0.1) is 33.5 Å². The maximum Gasteiger partial charge on any atom is 0.191 e. The highest BCUT2D eigenvalue weighted by Crippen LogP contribution is 2.32. The van der Waals surface area contributed by atoms with Crippen LogP contribution in [0.25, 0.3) is 0 Å². The number of benzene rings is 1. The molecule has 2 N–H and O–H groups in total. The Bertz CT molecular complexity index is 636. The fraction of sp³-hybridized carbons (Fsp3) is 0.667. The van der Waals surface area contributed by atoms with Crippen LogP contribution in [0, 0.1) is 5.92 Å². The third kappa shape index (κ3) is 7.49. The molecular weight excluding hydrogens is 483 g/mol. The van der Waals surface area contributed by atoms with E-state index in [1.807, 2.05) is 13.1 Å². The quantitative estimate of drug-likeness (QED) is 0.312. The highest BCUT2D eigenvalue weighted by molar-refractivity contribution is 14.0. The van der Waals surface area contributed by atoms with Gasteiger partial charge in [-0.1, -0.05) is 19.9 Å². The van der Waals surface area contributed by atoms with E-state index in [0.29, 0.717) is 12.0 Å². The molecule has 29 heavy (non-hydrogen) atoms. The van der Waals surface area contributed by atoms with Crippen LogP contribution in [0.1, 0.15) is 32.4 Å². The molecule has 166 valence electrons. The van der Waals surface area contributed by atoms with E-state index < -0.39 is 0 Å². The summed E-state index contributed by atoms with van der Waals surface area (Å²) < 4.78 is 16.5. The molecule has 1 fully saturated rings. The number of methoxy groups -OCH3 is 2. The van der Waals surface area contributed by atoms with Crippen molar-refractivity contribution in [2.75, 3.05) is 54.1 Å². The Labute approximate surface area is 192 Å². The van der Waals surface area contributed by atoms with E-state index in [1.54, 1.807) is 14.2 Å². The van der Waals surface area contributed by atoms with Crippen LogP contribution in [0.3, 0.4) is 0 Å². The SMILES string of the molecule is CN=C(NCC(c1ccc(OC)c(OC)c1)N1CCOCC1)NC(C)C(C)C.I. The summed E-state index contributed by atoms with van der Waals surface area (Å²) in [5, 5.41) is 6.97. The first-order valence-corrected chi connectivity index (χ1v) is 10.0. The number of aliphatic imine (C=N–C) groups is 1. The summed E-state index contributed by atoms with van der Waals surface area (Å²) in [5.41, 5.74) is 1.18. The normalized spacial score (nSPS) is 17.3. The summed E-state index contributed by atoms with van der Waals surface area (Å²) in [4.78, 5) is 6.83. The maximum atomic E-state index is 5.55. The van der Waals surface area contributed by atoms with Crippen molar-refractivity contribution in [3.8, 4) is 11.5 Å². The van der Waals surface area contributed by atoms with Crippen molar-refractivity contribution in [1.82, 2.24) is 15.5 Å². The van der Waals surface area contributed by atoms with Crippen molar-refractivity contribution in [2.45, 2.75) is 32.9 Å². The van der Waals surface area contributed by atoms with Crippen molar-refractivity contribution in [1.29, 1.82) is 0 Å². The predicted molar refractivity (Wildman–Crippen MR) is 129 cm³/mol. The number of hydrogen-bond acceptors (Lipinski definition) is 5. The zero-order chi connectivity index (χ0) is 20.5. The van der Waals surface area contributed by atoms with Crippen LogP contribution in [0.2, 0.25) is 0 Å². The molecule has 2 rings (SSSR count). The van der Waals surface area contributed by atoms with Gasteiger partial charge in [-0.3, -0.25) is 9.89 Å². The molecule has 1 aliphatic heterocycles. The van der Waals surface area contributed by atoms with E-state index in [0.717, 1.165) is 50.3 Å². The number of nitrogens with zero attached hydrogens (tertiary/aromatic N) is 2. The lowest BCUT2D eigenvalue weighted by atomic mass is 10.0. The lowest BCUT2D eigenvalue weighted by Crippen LogP contribution is -2.48. The molecule has 1 saturated heterocycles. The Morgan fingerprint density at radius 2 is 1.79 bits per heavy atom. The largest absolute Gasteiger partial charge is 0.493 e. The molecule has 8 heteroatoms. The van der Waals surface area contributed by atoms with Gasteiger partial charge in [0, 0.05) is 32.7 Å². The molecule has 1 aliphatic rings. The third-order valence-corrected chi connectivity index (χ3v) is 5.33. The van der Waals surface area contributed by atoms with Gasteiger partial charge in [-0.2, -0.15) is 0 Å². The summed E-state index contributed by atoms with van der Waals surface area (Å²) in [6.07, 6.45) is 0. The first-order valence-electron chi connectivity index (χ1n) is 10.0. The van der Waals surface area contributed by atoms with Crippen LogP contribution in [0.5, 0.6) is 11.5 Å². The molecule has 0 aromatic heterocycles. The molecule has 2 atom stereocenters. The molecule has 0 saturated carbocycles. The summed E-state index contributed by atoms with van der Waals surface area (Å²) in [7, 11) is 5.13. The average Bonchev–Trinajstić information content (AvgIpc) is 2.73. The number of guanidine groups is 1. The van der Waals surface area contributed by atoms with Gasteiger partial charge in [-0.05, 0) is 30.5 Å². The van der Waals surface area contributed by atoms with Gasteiger partial charge in [-0.15, -0.1) is 24.0 Å². The minimum absolute atomic E-state index is 0. The van der Waals surface area contributed by atoms with Crippen molar-refractivity contribution in [3.05, 3.63) is 23.8 Å². The lowest BCUT2D eigenvalue weighted by Gasteiger charge is -2.35. The fourth-order valence-corrected chi connectivity index (χ4v) is 3.18. The molecule has 0 amide bonds. The van der Waals surface area contributed by atoms with Crippen molar-refractivity contribution in [2.24, 2.45) is 10.9 Å². The number of halogens is 1. The third-order valence-electron chi connectivity index (χ3n) is 5.33. The Kier molecular flexibility index (Phi) is 11.7. The second kappa shape index (κ2) is 13.1. The van der Waals surface area contributed by atoms with E-state index in [9.17, 15) is 0 Å². The summed E-state index contributed by atoms with van der Waals surface area (Å²) in [6.45, 7) is 10.6. The molecule has 0 radical (unpaired) electrons. The highest BCUT2D eigenvalue weighted by Gasteiger charge is 2.24. The molecule has 0 aliphatic carbocycles. The van der Waals surface area contributed by atoms with Crippen molar-refractivity contribution in [3.63, 3.8) is 0 Å². The zero-order valence-corrected chi connectivity index (χ0v) is 20.9. The Morgan fingerprint density at radius 3 is 2.34 bits per heavy atom. The second-order valence-electron chi connectivity index (χ2n) is 7.41. The molecule has 2 unspecified atom stereocenters. The average molecular weight is 520 g/mol. The number of ether oxygens (including phenoxy) is 3. The Balaban J connectivity index is 0.00000420. The number of nitrogens with one attached hydrogen (secondary N) is 2. The minimum atomic E-state index is 0.